The van der Waals surface area contributed by atoms with E-state index in [0.717, 1.165) is 0 Å². The van der Waals surface area contributed by atoms with E-state index in [2.05, 4.69) is 4.74 Å². The minimum Gasteiger partial charge on any atom is -0.465 e. The Morgan fingerprint density at radius 3 is 2.57 bits per heavy atom. The van der Waals surface area contributed by atoms with Crippen molar-refractivity contribution in [2.75, 3.05) is 7.11 Å². The minimum absolute atomic E-state index is 0.110. The summed E-state index contributed by atoms with van der Waals surface area (Å²) in [6.45, 7) is 1.60. The number of aryl methyl sites for hydroxylation is 1. The van der Waals surface area contributed by atoms with Gasteiger partial charge in [0.15, 0.2) is 0 Å². The van der Waals surface area contributed by atoms with Crippen molar-refractivity contribution in [3.8, 4) is 0 Å². The topological polar surface area (TPSA) is 82.6 Å². The van der Waals surface area contributed by atoms with Gasteiger partial charge >= 0.3 is 5.97 Å². The van der Waals surface area contributed by atoms with Gasteiger partial charge in [0.05, 0.1) is 23.7 Å². The largest absolute Gasteiger partial charge is 0.465 e. The Hall–Kier alpha value is -2.89. The zero-order chi connectivity index (χ0) is 15.4. The maximum absolute atomic E-state index is 11.5. The van der Waals surface area contributed by atoms with Crippen LogP contribution in [0.2, 0.25) is 0 Å². The van der Waals surface area contributed by atoms with E-state index < -0.39 is 10.9 Å². The van der Waals surface area contributed by atoms with Crippen molar-refractivity contribution in [2.45, 2.75) is 6.92 Å². The van der Waals surface area contributed by atoms with Crippen LogP contribution in [0.25, 0.3) is 11.8 Å². The van der Waals surface area contributed by atoms with Crippen molar-refractivity contribution in [1.82, 2.24) is 0 Å². The molecule has 6 heteroatoms. The van der Waals surface area contributed by atoms with Gasteiger partial charge in [-0.05, 0) is 25.1 Å². The van der Waals surface area contributed by atoms with E-state index in [1.807, 2.05) is 0 Å². The number of furan rings is 1. The molecule has 1 heterocycles. The van der Waals surface area contributed by atoms with Crippen LogP contribution in [-0.2, 0) is 4.74 Å². The van der Waals surface area contributed by atoms with E-state index in [-0.39, 0.29) is 17.0 Å². The lowest BCUT2D eigenvalue weighted by Gasteiger charge is -1.97. The lowest BCUT2D eigenvalue weighted by molar-refractivity contribution is -0.374. The zero-order valence-electron chi connectivity index (χ0n) is 11.5. The van der Waals surface area contributed by atoms with Crippen LogP contribution in [0.5, 0.6) is 0 Å². The van der Waals surface area contributed by atoms with E-state index in [0.29, 0.717) is 11.3 Å². The molecule has 0 N–H and O–H groups in total. The Morgan fingerprint density at radius 2 is 2.00 bits per heavy atom. The molecule has 0 unspecified atom stereocenters. The molecule has 6 nitrogen and oxygen atoms in total. The van der Waals surface area contributed by atoms with E-state index >= 15 is 0 Å². The molecule has 0 bridgehead atoms. The highest BCUT2D eigenvalue weighted by Crippen LogP contribution is 2.22. The molecule has 0 saturated heterocycles. The van der Waals surface area contributed by atoms with Crippen LogP contribution in [0.1, 0.15) is 27.4 Å². The number of ether oxygens (including phenoxy) is 1. The van der Waals surface area contributed by atoms with Gasteiger partial charge in [0.25, 0.3) is 5.70 Å². The summed E-state index contributed by atoms with van der Waals surface area (Å²) in [5.74, 6) is 0.0329. The number of rotatable bonds is 4. The van der Waals surface area contributed by atoms with Gasteiger partial charge < -0.3 is 9.15 Å². The summed E-state index contributed by atoms with van der Waals surface area (Å²) in [6, 6.07) is 9.87. The number of methoxy groups -OCH3 is 1. The van der Waals surface area contributed by atoms with Crippen LogP contribution in [0.15, 0.2) is 40.8 Å². The molecule has 0 fully saturated rings. The van der Waals surface area contributed by atoms with Crippen LogP contribution >= 0.6 is 0 Å². The van der Waals surface area contributed by atoms with Gasteiger partial charge in [0, 0.05) is 0 Å². The highest BCUT2D eigenvalue weighted by atomic mass is 16.6. The fraction of sp³-hybridized carbons (Fsp3) is 0.133. The van der Waals surface area contributed by atoms with Gasteiger partial charge in [-0.1, -0.05) is 18.2 Å². The first-order chi connectivity index (χ1) is 10.0. The third kappa shape index (κ3) is 3.17. The molecule has 0 saturated carbocycles. The summed E-state index contributed by atoms with van der Waals surface area (Å²) in [7, 11) is 1.26. The number of carbonyl (C=O) groups is 1. The quantitative estimate of drug-likeness (QED) is 0.490. The highest BCUT2D eigenvalue weighted by Gasteiger charge is 2.18. The molecule has 0 aliphatic heterocycles. The summed E-state index contributed by atoms with van der Waals surface area (Å²) in [5, 5.41) is 11.2. The number of benzene rings is 1. The van der Waals surface area contributed by atoms with Crippen LogP contribution in [0.3, 0.4) is 0 Å². The predicted octanol–water partition coefficient (Wildman–Crippen LogP) is 3.15. The average Bonchev–Trinajstić information content (AvgIpc) is 2.85. The smallest absolute Gasteiger partial charge is 0.341 e. The molecule has 0 aliphatic rings. The monoisotopic (exact) mass is 287 g/mol. The molecule has 2 rings (SSSR count). The Kier molecular flexibility index (Phi) is 4.18. The van der Waals surface area contributed by atoms with Crippen LogP contribution < -0.4 is 0 Å². The van der Waals surface area contributed by atoms with Gasteiger partial charge in [-0.25, -0.2) is 4.79 Å². The molecule has 0 amide bonds. The molecule has 21 heavy (non-hydrogen) atoms. The zero-order valence-corrected chi connectivity index (χ0v) is 11.5. The van der Waals surface area contributed by atoms with Crippen molar-refractivity contribution in [3.05, 3.63) is 69.2 Å². The second kappa shape index (κ2) is 6.04. The maximum atomic E-state index is 11.5. The van der Waals surface area contributed by atoms with E-state index in [9.17, 15) is 14.9 Å². The fourth-order valence-electron chi connectivity index (χ4n) is 1.87. The molecule has 0 spiro atoms. The first kappa shape index (κ1) is 14.5. The van der Waals surface area contributed by atoms with Gasteiger partial charge in [0.1, 0.15) is 17.1 Å². The number of nitrogens with zero attached hydrogens (tertiary/aromatic N) is 1. The van der Waals surface area contributed by atoms with Crippen molar-refractivity contribution in [2.24, 2.45) is 0 Å². The predicted molar refractivity (Wildman–Crippen MR) is 76.1 cm³/mol. The lowest BCUT2D eigenvalue weighted by atomic mass is 10.1. The molecule has 1 aromatic carbocycles. The SMILES string of the molecule is COC(=O)c1cc(C=C(c2ccccc2)[N+](=O)[O-])oc1C. The summed E-state index contributed by atoms with van der Waals surface area (Å²) < 4.78 is 9.97. The highest BCUT2D eigenvalue weighted by molar-refractivity contribution is 5.91. The Labute approximate surface area is 120 Å². The van der Waals surface area contributed by atoms with Gasteiger partial charge in [-0.15, -0.1) is 0 Å². The first-order valence-electron chi connectivity index (χ1n) is 6.13. The molecule has 2 aromatic rings. The summed E-state index contributed by atoms with van der Waals surface area (Å²) in [5.41, 5.74) is 0.594. The average molecular weight is 287 g/mol. The molecule has 0 aliphatic carbocycles. The minimum atomic E-state index is -0.543. The van der Waals surface area contributed by atoms with Crippen molar-refractivity contribution >= 4 is 17.7 Å². The van der Waals surface area contributed by atoms with Crippen molar-refractivity contribution < 1.29 is 18.9 Å². The maximum Gasteiger partial charge on any atom is 0.341 e. The standard InChI is InChI=1S/C15H13NO5/c1-10-13(15(17)20-2)8-12(21-10)9-14(16(18)19)11-6-4-3-5-7-11/h3-9H,1-2H3. The number of hydrogen-bond donors (Lipinski definition) is 0. The third-order valence-corrected chi connectivity index (χ3v) is 2.89. The molecule has 1 aromatic heterocycles. The van der Waals surface area contributed by atoms with E-state index in [1.165, 1.54) is 19.3 Å². The fourth-order valence-corrected chi connectivity index (χ4v) is 1.87. The summed E-state index contributed by atoms with van der Waals surface area (Å²) in [6.07, 6.45) is 1.29. The second-order valence-corrected chi connectivity index (χ2v) is 4.26. The first-order valence-corrected chi connectivity index (χ1v) is 6.13. The van der Waals surface area contributed by atoms with Crippen LogP contribution in [-0.4, -0.2) is 18.0 Å². The number of carbonyl (C=O) groups excluding carboxylic acids is 1. The van der Waals surface area contributed by atoms with Gasteiger partial charge in [-0.2, -0.15) is 0 Å². The number of hydrogen-bond acceptors (Lipinski definition) is 5. The van der Waals surface area contributed by atoms with Crippen LogP contribution in [0, 0.1) is 17.0 Å². The third-order valence-electron chi connectivity index (χ3n) is 2.89. The number of esters is 1. The molecule has 108 valence electrons. The molecule has 0 radical (unpaired) electrons. The van der Waals surface area contributed by atoms with Gasteiger partial charge in [0.2, 0.25) is 0 Å². The Bertz CT molecular complexity index is 700. The normalized spacial score (nSPS) is 11.2. The Balaban J connectivity index is 2.45. The molecular formula is C15H13NO5. The summed E-state index contributed by atoms with van der Waals surface area (Å²) in [4.78, 5) is 22.2. The van der Waals surface area contributed by atoms with Crippen molar-refractivity contribution in [3.63, 3.8) is 0 Å². The number of nitro groups is 1. The Morgan fingerprint density at radius 1 is 1.33 bits per heavy atom. The molecule has 0 atom stereocenters. The lowest BCUT2D eigenvalue weighted by Crippen LogP contribution is -2.00. The molecular weight excluding hydrogens is 274 g/mol. The van der Waals surface area contributed by atoms with Crippen LogP contribution in [0.4, 0.5) is 0 Å². The van der Waals surface area contributed by atoms with E-state index in [1.54, 1.807) is 37.3 Å². The van der Waals surface area contributed by atoms with Crippen molar-refractivity contribution in [1.29, 1.82) is 0 Å². The second-order valence-electron chi connectivity index (χ2n) is 4.26. The summed E-state index contributed by atoms with van der Waals surface area (Å²) >= 11 is 0. The van der Waals surface area contributed by atoms with E-state index in [4.69, 9.17) is 4.42 Å². The van der Waals surface area contributed by atoms with Gasteiger partial charge in [-0.3, -0.25) is 10.1 Å².